The number of carbonyl (C=O) groups excluding carboxylic acids is 1. The Balaban J connectivity index is 1.60. The molecule has 4 rings (SSSR count). The summed E-state index contributed by atoms with van der Waals surface area (Å²) in [6.45, 7) is 1.67. The van der Waals surface area contributed by atoms with Crippen molar-refractivity contribution in [1.82, 2.24) is 19.4 Å². The summed E-state index contributed by atoms with van der Waals surface area (Å²) in [5, 5.41) is 2.65. The number of quaternary nitrogens is 1. The molecule has 4 heterocycles. The highest BCUT2D eigenvalue weighted by Crippen LogP contribution is 2.13. The van der Waals surface area contributed by atoms with Gasteiger partial charge in [0.05, 0.1) is 30.1 Å². The third kappa shape index (κ3) is 3.81. The van der Waals surface area contributed by atoms with Gasteiger partial charge in [-0.3, -0.25) is 14.5 Å². The van der Waals surface area contributed by atoms with Gasteiger partial charge in [-0.15, -0.1) is 0 Å². The van der Waals surface area contributed by atoms with Crippen LogP contribution in [0.15, 0.2) is 42.9 Å². The number of carbonyl (C=O) groups is 1. The molecule has 0 saturated carbocycles. The third-order valence-corrected chi connectivity index (χ3v) is 6.22. The highest BCUT2D eigenvalue weighted by atomic mass is 32.2. The van der Waals surface area contributed by atoms with E-state index < -0.39 is 15.7 Å². The minimum Gasteiger partial charge on any atom is -0.328 e. The summed E-state index contributed by atoms with van der Waals surface area (Å²) in [4.78, 5) is 26.3. The Morgan fingerprint density at radius 3 is 2.63 bits per heavy atom. The van der Waals surface area contributed by atoms with Crippen LogP contribution in [-0.4, -0.2) is 58.3 Å². The summed E-state index contributed by atoms with van der Waals surface area (Å²) in [6.07, 6.45) is 4.87. The van der Waals surface area contributed by atoms with Crippen LogP contribution in [0.1, 0.15) is 16.3 Å². The molecule has 0 unspecified atom stereocenters. The molecule has 1 aliphatic heterocycles. The van der Waals surface area contributed by atoms with Crippen LogP contribution in [0.5, 0.6) is 0 Å². The second-order valence-electron chi connectivity index (χ2n) is 6.44. The Kier molecular flexibility index (Phi) is 4.58. The molecule has 1 saturated heterocycles. The summed E-state index contributed by atoms with van der Waals surface area (Å²) in [6, 6.07) is 7.28. The average Bonchev–Trinajstić information content (AvgIpc) is 3.03. The predicted molar refractivity (Wildman–Crippen MR) is 98.2 cm³/mol. The van der Waals surface area contributed by atoms with Gasteiger partial charge in [0, 0.05) is 18.6 Å². The molecule has 0 spiro atoms. The van der Waals surface area contributed by atoms with Gasteiger partial charge in [-0.2, -0.15) is 0 Å². The fraction of sp³-hybridized carbons (Fsp3) is 0.294. The number of aromatic nitrogens is 4. The number of pyridine rings is 1. The van der Waals surface area contributed by atoms with Crippen LogP contribution in [0.25, 0.3) is 5.52 Å². The molecule has 1 amide bonds. The van der Waals surface area contributed by atoms with Crippen molar-refractivity contribution in [3.8, 4) is 0 Å². The van der Waals surface area contributed by atoms with Crippen LogP contribution >= 0.6 is 0 Å². The van der Waals surface area contributed by atoms with E-state index in [9.17, 15) is 13.2 Å². The van der Waals surface area contributed by atoms with Crippen molar-refractivity contribution in [3.05, 3.63) is 54.4 Å². The SMILES string of the molecule is O=C(Nc1ncccn1)c1nc(C[NH+]2CCS(=O)(=O)CC2)c2ccccn12. The standard InChI is InChI=1S/C17H18N6O3S/c24-16(21-17-18-5-3-6-19-17)15-20-13(14-4-1-2-7-23(14)15)12-22-8-10-27(25,26)11-9-22/h1-7H,8-12H2,(H,18,19,21,24)/p+1. The average molecular weight is 387 g/mol. The van der Waals surface area contributed by atoms with Crippen molar-refractivity contribution in [2.24, 2.45) is 0 Å². The van der Waals surface area contributed by atoms with E-state index in [2.05, 4.69) is 20.3 Å². The largest absolute Gasteiger partial charge is 0.328 e. The summed E-state index contributed by atoms with van der Waals surface area (Å²) in [7, 11) is -2.92. The molecule has 0 bridgehead atoms. The first-order chi connectivity index (χ1) is 13.0. The first-order valence-electron chi connectivity index (χ1n) is 8.60. The second kappa shape index (κ2) is 7.05. The molecular weight excluding hydrogens is 368 g/mol. The molecule has 27 heavy (non-hydrogen) atoms. The number of sulfone groups is 1. The number of nitrogens with one attached hydrogen (secondary N) is 2. The third-order valence-electron chi connectivity index (χ3n) is 4.57. The molecule has 1 aliphatic rings. The summed E-state index contributed by atoms with van der Waals surface area (Å²) in [5.41, 5.74) is 1.60. The van der Waals surface area contributed by atoms with Gasteiger partial charge in [-0.25, -0.2) is 23.4 Å². The number of nitrogens with zero attached hydrogens (tertiary/aromatic N) is 4. The first-order valence-corrected chi connectivity index (χ1v) is 10.4. The maximum atomic E-state index is 12.7. The van der Waals surface area contributed by atoms with E-state index in [-0.39, 0.29) is 23.3 Å². The lowest BCUT2D eigenvalue weighted by atomic mass is 10.3. The molecule has 1 fully saturated rings. The molecule has 2 N–H and O–H groups in total. The maximum Gasteiger partial charge on any atom is 0.294 e. The smallest absolute Gasteiger partial charge is 0.294 e. The Morgan fingerprint density at radius 1 is 1.15 bits per heavy atom. The number of hydrogen-bond donors (Lipinski definition) is 2. The van der Waals surface area contributed by atoms with Crippen molar-refractivity contribution in [2.45, 2.75) is 6.54 Å². The topological polar surface area (TPSA) is 111 Å². The van der Waals surface area contributed by atoms with Crippen molar-refractivity contribution in [1.29, 1.82) is 0 Å². The molecular formula is C17H19N6O3S+. The lowest BCUT2D eigenvalue weighted by molar-refractivity contribution is -0.910. The van der Waals surface area contributed by atoms with Crippen LogP contribution in [0, 0.1) is 0 Å². The van der Waals surface area contributed by atoms with Gasteiger partial charge >= 0.3 is 0 Å². The number of fused-ring (bicyclic) bond motifs is 1. The van der Waals surface area contributed by atoms with Crippen molar-refractivity contribution in [3.63, 3.8) is 0 Å². The number of imidazole rings is 1. The van der Waals surface area contributed by atoms with Crippen LogP contribution in [0.2, 0.25) is 0 Å². The zero-order valence-electron chi connectivity index (χ0n) is 14.5. The Morgan fingerprint density at radius 2 is 1.89 bits per heavy atom. The van der Waals surface area contributed by atoms with Crippen molar-refractivity contribution < 1.29 is 18.1 Å². The molecule has 0 atom stereocenters. The minimum absolute atomic E-state index is 0.187. The molecule has 0 aromatic carbocycles. The first kappa shape index (κ1) is 17.6. The molecule has 3 aromatic heterocycles. The lowest BCUT2D eigenvalue weighted by Crippen LogP contribution is -3.13. The van der Waals surface area contributed by atoms with E-state index in [0.29, 0.717) is 19.6 Å². The number of amides is 1. The van der Waals surface area contributed by atoms with Crippen molar-refractivity contribution in [2.75, 3.05) is 29.9 Å². The highest BCUT2D eigenvalue weighted by molar-refractivity contribution is 7.91. The Bertz CT molecular complexity index is 1070. The van der Waals surface area contributed by atoms with Crippen molar-refractivity contribution >= 4 is 27.2 Å². The Hall–Kier alpha value is -2.85. The normalized spacial score (nSPS) is 17.0. The fourth-order valence-corrected chi connectivity index (χ4v) is 4.56. The number of anilines is 1. The zero-order valence-corrected chi connectivity index (χ0v) is 15.3. The zero-order chi connectivity index (χ0) is 18.9. The van der Waals surface area contributed by atoms with Gasteiger partial charge in [0.25, 0.3) is 5.91 Å². The molecule has 0 radical (unpaired) electrons. The van der Waals surface area contributed by atoms with E-state index >= 15 is 0 Å². The van der Waals surface area contributed by atoms with E-state index in [1.807, 2.05) is 18.2 Å². The lowest BCUT2D eigenvalue weighted by Gasteiger charge is -2.22. The van der Waals surface area contributed by atoms with E-state index in [1.165, 1.54) is 0 Å². The maximum absolute atomic E-state index is 12.7. The van der Waals surface area contributed by atoms with E-state index in [1.54, 1.807) is 29.1 Å². The van der Waals surface area contributed by atoms with Crippen LogP contribution in [-0.2, 0) is 16.4 Å². The van der Waals surface area contributed by atoms with Gasteiger partial charge in [-0.05, 0) is 18.2 Å². The minimum atomic E-state index is -2.92. The quantitative estimate of drug-likeness (QED) is 0.606. The Labute approximate surface area is 156 Å². The van der Waals surface area contributed by atoms with Gasteiger partial charge in [0.15, 0.2) is 9.84 Å². The van der Waals surface area contributed by atoms with Crippen LogP contribution in [0.4, 0.5) is 5.95 Å². The van der Waals surface area contributed by atoms with Gasteiger partial charge in [-0.1, -0.05) is 6.07 Å². The molecule has 3 aromatic rings. The second-order valence-corrected chi connectivity index (χ2v) is 8.75. The van der Waals surface area contributed by atoms with Gasteiger partial charge in [0.2, 0.25) is 11.8 Å². The summed E-state index contributed by atoms with van der Waals surface area (Å²) < 4.78 is 25.0. The van der Waals surface area contributed by atoms with E-state index in [4.69, 9.17) is 0 Å². The molecule has 140 valence electrons. The molecule has 0 aliphatic carbocycles. The molecule has 10 heteroatoms. The summed E-state index contributed by atoms with van der Waals surface area (Å²) in [5.74, 6) is 0.435. The van der Waals surface area contributed by atoms with Gasteiger partial charge < -0.3 is 4.90 Å². The van der Waals surface area contributed by atoms with E-state index in [0.717, 1.165) is 16.1 Å². The highest BCUT2D eigenvalue weighted by Gasteiger charge is 2.27. The molecule has 9 nitrogen and oxygen atoms in total. The van der Waals surface area contributed by atoms with Crippen LogP contribution < -0.4 is 10.2 Å². The summed E-state index contributed by atoms with van der Waals surface area (Å²) >= 11 is 0. The van der Waals surface area contributed by atoms with Crippen LogP contribution in [0.3, 0.4) is 0 Å². The number of hydrogen-bond acceptors (Lipinski definition) is 6. The monoisotopic (exact) mass is 387 g/mol. The fourth-order valence-electron chi connectivity index (χ4n) is 3.15. The number of rotatable bonds is 4. The van der Waals surface area contributed by atoms with Gasteiger partial charge in [0.1, 0.15) is 12.2 Å². The predicted octanol–water partition coefficient (Wildman–Crippen LogP) is -0.810.